The number of H-pyrrole nitrogens is 1. The fourth-order valence-corrected chi connectivity index (χ4v) is 3.54. The van der Waals surface area contributed by atoms with Crippen LogP contribution in [0.2, 0.25) is 5.02 Å². The summed E-state index contributed by atoms with van der Waals surface area (Å²) in [5.74, 6) is 0.487. The molecule has 4 rings (SSSR count). The van der Waals surface area contributed by atoms with Gasteiger partial charge >= 0.3 is 0 Å². The number of carbonyl (C=O) groups excluding carboxylic acids is 1. The van der Waals surface area contributed by atoms with Gasteiger partial charge in [-0.2, -0.15) is 0 Å². The summed E-state index contributed by atoms with van der Waals surface area (Å²) in [6.45, 7) is 2.43. The van der Waals surface area contributed by atoms with Gasteiger partial charge in [0.2, 0.25) is 5.91 Å². The Bertz CT molecular complexity index is 1330. The molecule has 0 aliphatic carbocycles. The van der Waals surface area contributed by atoms with Crippen LogP contribution in [0.5, 0.6) is 0 Å². The zero-order chi connectivity index (χ0) is 22.7. The maximum Gasteiger partial charge on any atom is 0.258 e. The summed E-state index contributed by atoms with van der Waals surface area (Å²) in [5.41, 5.74) is 0.505. The monoisotopic (exact) mass is 454 g/mol. The van der Waals surface area contributed by atoms with E-state index in [1.807, 2.05) is 6.92 Å². The second-order valence-electron chi connectivity index (χ2n) is 7.18. The third kappa shape index (κ3) is 4.70. The van der Waals surface area contributed by atoms with Crippen molar-refractivity contribution < 1.29 is 13.6 Å². The first kappa shape index (κ1) is 21.7. The molecule has 2 aromatic carbocycles. The van der Waals surface area contributed by atoms with E-state index < -0.39 is 5.82 Å². The van der Waals surface area contributed by atoms with Crippen LogP contribution >= 0.6 is 11.6 Å². The Morgan fingerprint density at radius 2 is 2.06 bits per heavy atom. The van der Waals surface area contributed by atoms with Gasteiger partial charge < -0.3 is 14.3 Å². The summed E-state index contributed by atoms with van der Waals surface area (Å²) < 4.78 is 19.5. The quantitative estimate of drug-likeness (QED) is 0.448. The maximum absolute atomic E-state index is 13.9. The van der Waals surface area contributed by atoms with Gasteiger partial charge in [-0.25, -0.2) is 14.4 Å². The summed E-state index contributed by atoms with van der Waals surface area (Å²) in [6.07, 6.45) is 1.86. The predicted molar refractivity (Wildman–Crippen MR) is 119 cm³/mol. The first-order chi connectivity index (χ1) is 15.4. The van der Waals surface area contributed by atoms with Gasteiger partial charge in [0.1, 0.15) is 11.6 Å². The average molecular weight is 455 g/mol. The first-order valence-corrected chi connectivity index (χ1v) is 10.5. The number of hydrogen-bond acceptors (Lipinski definition) is 5. The van der Waals surface area contributed by atoms with Crippen LogP contribution in [0.15, 0.2) is 57.9 Å². The molecule has 9 heteroatoms. The van der Waals surface area contributed by atoms with Crippen molar-refractivity contribution in [2.24, 2.45) is 0 Å². The third-order valence-electron chi connectivity index (χ3n) is 5.04. The van der Waals surface area contributed by atoms with E-state index in [0.29, 0.717) is 45.5 Å². The van der Waals surface area contributed by atoms with Crippen LogP contribution in [0.1, 0.15) is 25.1 Å². The van der Waals surface area contributed by atoms with E-state index in [4.69, 9.17) is 16.0 Å². The summed E-state index contributed by atoms with van der Waals surface area (Å²) >= 11 is 6.00. The lowest BCUT2D eigenvalue weighted by molar-refractivity contribution is -0.131. The van der Waals surface area contributed by atoms with Crippen molar-refractivity contribution in [2.45, 2.75) is 26.3 Å². The molecule has 164 valence electrons. The van der Waals surface area contributed by atoms with Crippen molar-refractivity contribution in [2.75, 3.05) is 6.54 Å². The Hall–Kier alpha value is -3.52. The number of rotatable bonds is 7. The molecule has 1 amide bonds. The van der Waals surface area contributed by atoms with Crippen molar-refractivity contribution >= 4 is 28.4 Å². The number of aromatic nitrogens is 3. The van der Waals surface area contributed by atoms with Crippen LogP contribution in [0.25, 0.3) is 22.2 Å². The third-order valence-corrected chi connectivity index (χ3v) is 5.27. The smallest absolute Gasteiger partial charge is 0.258 e. The highest BCUT2D eigenvalue weighted by atomic mass is 35.5. The lowest BCUT2D eigenvalue weighted by Gasteiger charge is -2.20. The maximum atomic E-state index is 13.9. The number of hydrogen-bond donors (Lipinski definition) is 1. The Labute approximate surface area is 187 Å². The number of nitrogens with one attached hydrogen (secondary N) is 1. The fraction of sp³-hybridized carbons (Fsp3) is 0.217. The van der Waals surface area contributed by atoms with Crippen molar-refractivity contribution in [3.05, 3.63) is 81.6 Å². The molecule has 2 heterocycles. The molecule has 0 spiro atoms. The number of amides is 1. The van der Waals surface area contributed by atoms with Crippen LogP contribution in [-0.2, 0) is 17.8 Å². The van der Waals surface area contributed by atoms with E-state index in [9.17, 15) is 14.0 Å². The van der Waals surface area contributed by atoms with Crippen molar-refractivity contribution in [3.63, 3.8) is 0 Å². The van der Waals surface area contributed by atoms with E-state index in [0.717, 1.165) is 0 Å². The topological polar surface area (TPSA) is 92.1 Å². The molecule has 0 radical (unpaired) electrons. The zero-order valence-electron chi connectivity index (χ0n) is 17.3. The summed E-state index contributed by atoms with van der Waals surface area (Å²) in [6, 6.07) is 11.1. The van der Waals surface area contributed by atoms with Crippen molar-refractivity contribution in [1.82, 2.24) is 19.9 Å². The number of aryl methyl sites for hydroxylation is 1. The first-order valence-electron chi connectivity index (χ1n) is 10.1. The highest BCUT2D eigenvalue weighted by molar-refractivity contribution is 6.31. The lowest BCUT2D eigenvalue weighted by atomic mass is 10.2. The highest BCUT2D eigenvalue weighted by Gasteiger charge is 2.17. The molecule has 0 aliphatic rings. The Morgan fingerprint density at radius 3 is 2.84 bits per heavy atom. The van der Waals surface area contributed by atoms with Gasteiger partial charge in [-0.1, -0.05) is 23.7 Å². The number of oxazole rings is 1. The largest absolute Gasteiger partial charge is 0.441 e. The number of aromatic amines is 1. The second kappa shape index (κ2) is 9.32. The number of fused-ring (bicyclic) bond motifs is 1. The molecular weight excluding hydrogens is 435 g/mol. The van der Waals surface area contributed by atoms with Crippen LogP contribution in [0, 0.1) is 5.82 Å². The molecule has 0 atom stereocenters. The number of nitrogens with zero attached hydrogens (tertiary/aromatic N) is 3. The molecule has 32 heavy (non-hydrogen) atoms. The SMILES string of the molecule is CCN(Cc1nc2cc(Cl)ccc2c(=O)[nH]1)C(=O)CCc1ncc(-c2ccccc2F)o1. The standard InChI is InChI=1S/C23H20ClFN4O3/c1-2-29(13-20-27-18-11-14(24)7-8-16(18)23(31)28-20)22(30)10-9-21-26-12-19(32-21)15-5-3-4-6-17(15)25/h3-8,11-12H,2,9-10,13H2,1H3,(H,27,28,31). The minimum absolute atomic E-state index is 0.146. The minimum Gasteiger partial charge on any atom is -0.441 e. The summed E-state index contributed by atoms with van der Waals surface area (Å²) in [4.78, 5) is 37.9. The van der Waals surface area contributed by atoms with Crippen molar-refractivity contribution in [1.29, 1.82) is 0 Å². The molecule has 0 unspecified atom stereocenters. The van der Waals surface area contributed by atoms with Crippen LogP contribution < -0.4 is 5.56 Å². The summed E-state index contributed by atoms with van der Waals surface area (Å²) in [5, 5.41) is 0.910. The summed E-state index contributed by atoms with van der Waals surface area (Å²) in [7, 11) is 0. The van der Waals surface area contributed by atoms with Crippen LogP contribution in [0.4, 0.5) is 4.39 Å². The van der Waals surface area contributed by atoms with Gasteiger partial charge in [0.25, 0.3) is 5.56 Å². The van der Waals surface area contributed by atoms with Crippen molar-refractivity contribution in [3.8, 4) is 11.3 Å². The lowest BCUT2D eigenvalue weighted by Crippen LogP contribution is -2.32. The van der Waals surface area contributed by atoms with E-state index in [1.54, 1.807) is 41.3 Å². The fourth-order valence-electron chi connectivity index (χ4n) is 3.38. The Kier molecular flexibility index (Phi) is 6.32. The molecule has 0 bridgehead atoms. The molecule has 7 nitrogen and oxygen atoms in total. The van der Waals surface area contributed by atoms with Crippen LogP contribution in [-0.4, -0.2) is 32.3 Å². The molecule has 0 saturated heterocycles. The number of carbonyl (C=O) groups is 1. The van der Waals surface area contributed by atoms with Gasteiger partial charge in [0.15, 0.2) is 11.7 Å². The molecule has 1 N–H and O–H groups in total. The second-order valence-corrected chi connectivity index (χ2v) is 7.62. The van der Waals surface area contributed by atoms with Gasteiger partial charge in [-0.05, 0) is 37.3 Å². The van der Waals surface area contributed by atoms with Gasteiger partial charge in [-0.15, -0.1) is 0 Å². The van der Waals surface area contributed by atoms with Crippen LogP contribution in [0.3, 0.4) is 0 Å². The molecule has 2 aromatic heterocycles. The minimum atomic E-state index is -0.401. The number of benzene rings is 2. The molecule has 0 aliphatic heterocycles. The highest BCUT2D eigenvalue weighted by Crippen LogP contribution is 2.23. The predicted octanol–water partition coefficient (Wildman–Crippen LogP) is 4.35. The van der Waals surface area contributed by atoms with Gasteiger partial charge in [0.05, 0.1) is 29.2 Å². The molecular formula is C23H20ClFN4O3. The van der Waals surface area contributed by atoms with E-state index in [1.165, 1.54) is 12.3 Å². The molecule has 0 fully saturated rings. The van der Waals surface area contributed by atoms with E-state index in [2.05, 4.69) is 15.0 Å². The molecule has 0 saturated carbocycles. The van der Waals surface area contributed by atoms with E-state index >= 15 is 0 Å². The van der Waals surface area contributed by atoms with Gasteiger partial charge in [-0.3, -0.25) is 9.59 Å². The normalized spacial score (nSPS) is 11.1. The zero-order valence-corrected chi connectivity index (χ0v) is 18.0. The van der Waals surface area contributed by atoms with Gasteiger partial charge in [0, 0.05) is 24.4 Å². The Balaban J connectivity index is 1.43. The van der Waals surface area contributed by atoms with E-state index in [-0.39, 0.29) is 30.9 Å². The number of halogens is 2. The average Bonchev–Trinajstić information content (AvgIpc) is 3.24. The Morgan fingerprint density at radius 1 is 1.25 bits per heavy atom. The molecule has 4 aromatic rings.